The minimum Gasteiger partial charge on any atom is -0.298 e. The van der Waals surface area contributed by atoms with E-state index in [1.807, 2.05) is 25.3 Å². The van der Waals surface area contributed by atoms with Crippen molar-refractivity contribution in [2.45, 2.75) is 19.1 Å². The fourth-order valence-corrected chi connectivity index (χ4v) is 1.72. The number of ketones is 1. The lowest BCUT2D eigenvalue weighted by molar-refractivity contribution is -0.120. The van der Waals surface area contributed by atoms with Crippen LogP contribution in [0, 0.1) is 5.92 Å². The summed E-state index contributed by atoms with van der Waals surface area (Å²) in [6, 6.07) is 0. The molecule has 0 aromatic rings. The predicted octanol–water partition coefficient (Wildman–Crippen LogP) is 1.84. The zero-order chi connectivity index (χ0) is 6.85. The van der Waals surface area contributed by atoms with Gasteiger partial charge in [-0.15, -0.1) is 11.8 Å². The quantitative estimate of drug-likeness (QED) is 0.513. The van der Waals surface area contributed by atoms with E-state index in [1.54, 1.807) is 11.8 Å². The van der Waals surface area contributed by atoms with Crippen molar-refractivity contribution in [2.75, 3.05) is 0 Å². The molecule has 9 heavy (non-hydrogen) atoms. The summed E-state index contributed by atoms with van der Waals surface area (Å²) < 4.78 is 0. The smallest absolute Gasteiger partial charge is 0.152 e. The van der Waals surface area contributed by atoms with Crippen LogP contribution in [-0.4, -0.2) is 11.0 Å². The average molecular weight is 142 g/mol. The highest BCUT2D eigenvalue weighted by molar-refractivity contribution is 8.03. The molecular weight excluding hydrogens is 132 g/mol. The second-order valence-corrected chi connectivity index (χ2v) is 3.55. The highest BCUT2D eigenvalue weighted by Gasteiger charge is 2.20. The van der Waals surface area contributed by atoms with Gasteiger partial charge in [-0.1, -0.05) is 13.0 Å². The Morgan fingerprint density at radius 1 is 1.56 bits per heavy atom. The third kappa shape index (κ3) is 1.36. The number of carbonyl (C=O) groups is 1. The van der Waals surface area contributed by atoms with Crippen LogP contribution in [0.15, 0.2) is 11.5 Å². The number of Topliss-reactive ketones (excluding diaryl/α,β-unsaturated/α-hetero) is 1. The minimum atomic E-state index is 0.140. The average Bonchev–Trinajstić information content (AvgIpc) is 1.83. The Balaban J connectivity index is 2.69. The molecule has 0 fully saturated rings. The van der Waals surface area contributed by atoms with E-state index in [4.69, 9.17) is 0 Å². The topological polar surface area (TPSA) is 17.1 Å². The molecule has 0 spiro atoms. The van der Waals surface area contributed by atoms with Gasteiger partial charge in [0.15, 0.2) is 5.78 Å². The van der Waals surface area contributed by atoms with Crippen molar-refractivity contribution in [3.8, 4) is 0 Å². The van der Waals surface area contributed by atoms with Crippen molar-refractivity contribution in [3.05, 3.63) is 11.5 Å². The molecule has 0 radical (unpaired) electrons. The van der Waals surface area contributed by atoms with Gasteiger partial charge in [0.05, 0.1) is 5.25 Å². The predicted molar refractivity (Wildman–Crippen MR) is 40.4 cm³/mol. The second kappa shape index (κ2) is 2.56. The van der Waals surface area contributed by atoms with Gasteiger partial charge in [0.2, 0.25) is 0 Å². The fraction of sp³-hybridized carbons (Fsp3) is 0.571. The molecule has 1 heterocycles. The first-order valence-electron chi connectivity index (χ1n) is 3.07. The minimum absolute atomic E-state index is 0.140. The Morgan fingerprint density at radius 2 is 2.22 bits per heavy atom. The summed E-state index contributed by atoms with van der Waals surface area (Å²) in [5.41, 5.74) is 0. The molecule has 0 aromatic heterocycles. The zero-order valence-electron chi connectivity index (χ0n) is 5.63. The number of carbonyl (C=O) groups excluding carboxylic acids is 1. The molecule has 2 unspecified atom stereocenters. The normalized spacial score (nSPS) is 35.1. The van der Waals surface area contributed by atoms with Crippen molar-refractivity contribution >= 4 is 17.5 Å². The van der Waals surface area contributed by atoms with E-state index in [1.165, 1.54) is 0 Å². The van der Waals surface area contributed by atoms with Gasteiger partial charge in [0.25, 0.3) is 0 Å². The molecule has 0 bridgehead atoms. The molecule has 1 rings (SSSR count). The van der Waals surface area contributed by atoms with Crippen molar-refractivity contribution < 1.29 is 4.79 Å². The lowest BCUT2D eigenvalue weighted by atomic mass is 10.0. The van der Waals surface area contributed by atoms with Crippen molar-refractivity contribution in [1.82, 2.24) is 0 Å². The van der Waals surface area contributed by atoms with Crippen LogP contribution in [0.2, 0.25) is 0 Å². The van der Waals surface area contributed by atoms with Gasteiger partial charge in [-0.3, -0.25) is 4.79 Å². The van der Waals surface area contributed by atoms with Crippen LogP contribution < -0.4 is 0 Å². The van der Waals surface area contributed by atoms with Gasteiger partial charge in [0.1, 0.15) is 0 Å². The van der Waals surface area contributed by atoms with Crippen LogP contribution in [0.25, 0.3) is 0 Å². The van der Waals surface area contributed by atoms with Crippen molar-refractivity contribution in [1.29, 1.82) is 0 Å². The summed E-state index contributed by atoms with van der Waals surface area (Å²) in [6.07, 6.45) is 1.95. The first-order valence-corrected chi connectivity index (χ1v) is 4.02. The first-order chi connectivity index (χ1) is 4.22. The standard InChI is InChI=1S/C7H10OS/c1-5-3-4-9-6(2)7(5)8/h3-6H,1-2H3. The Bertz CT molecular complexity index is 151. The number of thioether (sulfide) groups is 1. The molecule has 1 aliphatic heterocycles. The van der Waals surface area contributed by atoms with Gasteiger partial charge >= 0.3 is 0 Å². The summed E-state index contributed by atoms with van der Waals surface area (Å²) in [6.45, 7) is 3.89. The molecule has 0 saturated carbocycles. The van der Waals surface area contributed by atoms with Crippen LogP contribution in [-0.2, 0) is 4.79 Å². The third-order valence-corrected chi connectivity index (χ3v) is 2.45. The molecule has 0 aromatic carbocycles. The number of rotatable bonds is 0. The maximum absolute atomic E-state index is 11.1. The molecule has 1 aliphatic rings. The SMILES string of the molecule is CC1C=CSC(C)C1=O. The zero-order valence-corrected chi connectivity index (χ0v) is 6.44. The van der Waals surface area contributed by atoms with Crippen LogP contribution in [0.1, 0.15) is 13.8 Å². The third-order valence-electron chi connectivity index (χ3n) is 1.50. The van der Waals surface area contributed by atoms with E-state index in [0.29, 0.717) is 5.78 Å². The highest BCUT2D eigenvalue weighted by atomic mass is 32.2. The lowest BCUT2D eigenvalue weighted by Crippen LogP contribution is -2.21. The van der Waals surface area contributed by atoms with Gasteiger partial charge in [0, 0.05) is 5.92 Å². The van der Waals surface area contributed by atoms with Gasteiger partial charge in [-0.05, 0) is 12.3 Å². The molecule has 2 atom stereocenters. The molecule has 0 aliphatic carbocycles. The summed E-state index contributed by atoms with van der Waals surface area (Å²) in [5.74, 6) is 0.490. The molecule has 1 nitrogen and oxygen atoms in total. The Morgan fingerprint density at radius 3 is 2.67 bits per heavy atom. The van der Waals surface area contributed by atoms with Crippen LogP contribution >= 0.6 is 11.8 Å². The number of hydrogen-bond donors (Lipinski definition) is 0. The fourth-order valence-electron chi connectivity index (χ4n) is 0.813. The molecular formula is C7H10OS. The van der Waals surface area contributed by atoms with E-state index in [9.17, 15) is 4.79 Å². The van der Waals surface area contributed by atoms with E-state index in [2.05, 4.69) is 0 Å². The van der Waals surface area contributed by atoms with E-state index < -0.39 is 0 Å². The van der Waals surface area contributed by atoms with Crippen LogP contribution in [0.5, 0.6) is 0 Å². The Hall–Kier alpha value is -0.240. The lowest BCUT2D eigenvalue weighted by Gasteiger charge is -2.15. The van der Waals surface area contributed by atoms with E-state index in [0.717, 1.165) is 0 Å². The molecule has 0 amide bonds. The maximum Gasteiger partial charge on any atom is 0.152 e. The van der Waals surface area contributed by atoms with Gasteiger partial charge in [-0.25, -0.2) is 0 Å². The largest absolute Gasteiger partial charge is 0.298 e. The van der Waals surface area contributed by atoms with Gasteiger partial charge in [-0.2, -0.15) is 0 Å². The number of hydrogen-bond acceptors (Lipinski definition) is 2. The van der Waals surface area contributed by atoms with E-state index in [-0.39, 0.29) is 11.2 Å². The maximum atomic E-state index is 11.1. The van der Waals surface area contributed by atoms with Crippen LogP contribution in [0.4, 0.5) is 0 Å². The second-order valence-electron chi connectivity index (χ2n) is 2.30. The van der Waals surface area contributed by atoms with E-state index >= 15 is 0 Å². The van der Waals surface area contributed by atoms with Crippen molar-refractivity contribution in [3.63, 3.8) is 0 Å². The van der Waals surface area contributed by atoms with Gasteiger partial charge < -0.3 is 0 Å². The summed E-state index contributed by atoms with van der Waals surface area (Å²) in [5, 5.41) is 2.18. The summed E-state index contributed by atoms with van der Waals surface area (Å²) in [7, 11) is 0. The Kier molecular flexibility index (Phi) is 1.96. The molecule has 0 N–H and O–H groups in total. The van der Waals surface area contributed by atoms with Crippen LogP contribution in [0.3, 0.4) is 0 Å². The first kappa shape index (κ1) is 6.87. The molecule has 0 saturated heterocycles. The van der Waals surface area contributed by atoms with Crippen molar-refractivity contribution in [2.24, 2.45) is 5.92 Å². The highest BCUT2D eigenvalue weighted by Crippen LogP contribution is 2.23. The molecule has 2 heteroatoms. The Labute approximate surface area is 59.5 Å². The number of allylic oxidation sites excluding steroid dienone is 1. The summed E-state index contributed by atoms with van der Waals surface area (Å²) in [4.78, 5) is 11.1. The molecule has 50 valence electrons. The summed E-state index contributed by atoms with van der Waals surface area (Å²) >= 11 is 1.60. The monoisotopic (exact) mass is 142 g/mol.